The third kappa shape index (κ3) is 9.33. The smallest absolute Gasteiger partial charge is 0.412 e. The molecule has 1 aromatic carbocycles. The lowest BCUT2D eigenvalue weighted by molar-refractivity contribution is -0.168. The van der Waals surface area contributed by atoms with E-state index in [1.54, 1.807) is 39.8 Å². The Balaban J connectivity index is 2.29. The number of esters is 1. The highest BCUT2D eigenvalue weighted by molar-refractivity contribution is 5.81. The number of cyclic esters (lactones) is 1. The van der Waals surface area contributed by atoms with Gasteiger partial charge in [-0.05, 0) is 70.6 Å². The molecule has 10 heteroatoms. The van der Waals surface area contributed by atoms with Crippen LogP contribution in [0.3, 0.4) is 0 Å². The molecule has 0 bridgehead atoms. The van der Waals surface area contributed by atoms with Crippen LogP contribution in [0.5, 0.6) is 0 Å². The maximum atomic E-state index is 13.4. The number of benzene rings is 1. The first-order valence-corrected chi connectivity index (χ1v) is 11.7. The van der Waals surface area contributed by atoms with Crippen molar-refractivity contribution in [3.05, 3.63) is 35.6 Å². The second kappa shape index (κ2) is 13.1. The zero-order chi connectivity index (χ0) is 26.2. The number of methoxy groups -OCH3 is 1. The van der Waals surface area contributed by atoms with Crippen molar-refractivity contribution in [2.24, 2.45) is 5.92 Å². The Hall–Kier alpha value is -2.33. The molecule has 1 aliphatic heterocycles. The van der Waals surface area contributed by atoms with Gasteiger partial charge in [-0.3, -0.25) is 4.90 Å². The van der Waals surface area contributed by atoms with Crippen LogP contribution in [0, 0.1) is 11.7 Å². The highest BCUT2D eigenvalue weighted by Gasteiger charge is 2.39. The quantitative estimate of drug-likeness (QED) is 0.369. The molecule has 198 valence electrons. The summed E-state index contributed by atoms with van der Waals surface area (Å²) in [5, 5.41) is 0. The first kappa shape index (κ1) is 28.9. The molecule has 1 saturated heterocycles. The molecule has 0 radical (unpaired) electrons. The van der Waals surface area contributed by atoms with Gasteiger partial charge in [0.1, 0.15) is 36.9 Å². The van der Waals surface area contributed by atoms with Gasteiger partial charge in [-0.2, -0.15) is 0 Å². The van der Waals surface area contributed by atoms with E-state index in [1.165, 1.54) is 24.1 Å². The molecule has 35 heavy (non-hydrogen) atoms. The van der Waals surface area contributed by atoms with Gasteiger partial charge in [0, 0.05) is 7.11 Å². The summed E-state index contributed by atoms with van der Waals surface area (Å²) < 4.78 is 61.1. The minimum absolute atomic E-state index is 0.187. The van der Waals surface area contributed by atoms with Crippen molar-refractivity contribution in [2.45, 2.75) is 83.7 Å². The van der Waals surface area contributed by atoms with Crippen LogP contribution in [0.1, 0.15) is 52.5 Å². The lowest BCUT2D eigenvalue weighted by Gasteiger charge is -2.33. The summed E-state index contributed by atoms with van der Waals surface area (Å²) in [6, 6.07) is 4.96. The standard InChI is InChI=1S/C25H36F3NO6/c1-16-22(33-14-21(27)28)18(13-17-9-11-19(26)12-10-17)7-6-8-20(23(30)34-16)29(15-32-5)24(31)35-25(2,3)4/h9-12,16,18,20-22H,6-8,13-15H2,1-5H3/t16-,18+,20-,22-/m0/s1. The summed E-state index contributed by atoms with van der Waals surface area (Å²) in [6.45, 7) is 5.73. The predicted molar refractivity (Wildman–Crippen MR) is 122 cm³/mol. The van der Waals surface area contributed by atoms with Crippen LogP contribution < -0.4 is 0 Å². The Kier molecular flexibility index (Phi) is 10.8. The fourth-order valence-electron chi connectivity index (χ4n) is 4.18. The first-order valence-electron chi connectivity index (χ1n) is 11.7. The third-order valence-electron chi connectivity index (χ3n) is 5.65. The Labute approximate surface area is 204 Å². The molecule has 1 fully saturated rings. The molecular formula is C25H36F3NO6. The fourth-order valence-corrected chi connectivity index (χ4v) is 4.18. The molecule has 0 aliphatic carbocycles. The number of ether oxygens (including phenoxy) is 4. The summed E-state index contributed by atoms with van der Waals surface area (Å²) >= 11 is 0. The molecule has 0 N–H and O–H groups in total. The molecule has 0 unspecified atom stereocenters. The minimum atomic E-state index is -2.69. The van der Waals surface area contributed by atoms with Gasteiger partial charge in [-0.25, -0.2) is 22.8 Å². The van der Waals surface area contributed by atoms with Gasteiger partial charge in [0.05, 0.1) is 6.10 Å². The second-order valence-electron chi connectivity index (χ2n) is 9.74. The number of hydrogen-bond donors (Lipinski definition) is 0. The van der Waals surface area contributed by atoms with E-state index in [0.717, 1.165) is 5.56 Å². The molecule has 1 amide bonds. The number of hydrogen-bond acceptors (Lipinski definition) is 6. The summed E-state index contributed by atoms with van der Waals surface area (Å²) in [5.74, 6) is -1.34. The molecule has 0 saturated carbocycles. The van der Waals surface area contributed by atoms with Crippen LogP contribution in [-0.2, 0) is 30.2 Å². The number of amides is 1. The largest absolute Gasteiger partial charge is 0.458 e. The van der Waals surface area contributed by atoms with Gasteiger partial charge in [0.15, 0.2) is 0 Å². The van der Waals surface area contributed by atoms with Crippen LogP contribution in [0.4, 0.5) is 18.0 Å². The lowest BCUT2D eigenvalue weighted by Crippen LogP contribution is -2.49. The average molecular weight is 504 g/mol. The van der Waals surface area contributed by atoms with Gasteiger partial charge >= 0.3 is 12.1 Å². The average Bonchev–Trinajstić information content (AvgIpc) is 2.79. The van der Waals surface area contributed by atoms with Crippen molar-refractivity contribution in [3.8, 4) is 0 Å². The molecule has 2 rings (SSSR count). The van der Waals surface area contributed by atoms with E-state index < -0.39 is 48.9 Å². The fraction of sp³-hybridized carbons (Fsp3) is 0.680. The molecule has 7 nitrogen and oxygen atoms in total. The predicted octanol–water partition coefficient (Wildman–Crippen LogP) is 4.96. The van der Waals surface area contributed by atoms with Crippen molar-refractivity contribution < 1.29 is 41.7 Å². The van der Waals surface area contributed by atoms with Gasteiger partial charge < -0.3 is 18.9 Å². The van der Waals surface area contributed by atoms with Crippen molar-refractivity contribution >= 4 is 12.1 Å². The van der Waals surface area contributed by atoms with Crippen LogP contribution in [0.2, 0.25) is 0 Å². The van der Waals surface area contributed by atoms with E-state index in [2.05, 4.69) is 0 Å². The van der Waals surface area contributed by atoms with Gasteiger partial charge in [-0.15, -0.1) is 0 Å². The number of rotatable bonds is 8. The second-order valence-corrected chi connectivity index (χ2v) is 9.74. The first-order chi connectivity index (χ1) is 16.4. The molecule has 1 aromatic rings. The van der Waals surface area contributed by atoms with E-state index in [9.17, 15) is 22.8 Å². The van der Waals surface area contributed by atoms with Crippen molar-refractivity contribution in [3.63, 3.8) is 0 Å². The maximum Gasteiger partial charge on any atom is 0.412 e. The number of nitrogens with zero attached hydrogens (tertiary/aromatic N) is 1. The Bertz CT molecular complexity index is 814. The summed E-state index contributed by atoms with van der Waals surface area (Å²) in [5.41, 5.74) is 0.0268. The number of carbonyl (C=O) groups excluding carboxylic acids is 2. The maximum absolute atomic E-state index is 13.4. The molecule has 0 aromatic heterocycles. The van der Waals surface area contributed by atoms with Crippen molar-refractivity contribution in [1.82, 2.24) is 4.90 Å². The van der Waals surface area contributed by atoms with Gasteiger partial charge in [0.2, 0.25) is 0 Å². The van der Waals surface area contributed by atoms with E-state index in [4.69, 9.17) is 18.9 Å². The van der Waals surface area contributed by atoms with Crippen LogP contribution >= 0.6 is 0 Å². The molecule has 1 heterocycles. The topological polar surface area (TPSA) is 74.3 Å². The third-order valence-corrected chi connectivity index (χ3v) is 5.65. The van der Waals surface area contributed by atoms with E-state index in [0.29, 0.717) is 19.3 Å². The van der Waals surface area contributed by atoms with E-state index in [-0.39, 0.29) is 24.9 Å². The zero-order valence-electron chi connectivity index (χ0n) is 21.0. The van der Waals surface area contributed by atoms with Crippen molar-refractivity contribution in [1.29, 1.82) is 0 Å². The summed E-state index contributed by atoms with van der Waals surface area (Å²) in [7, 11) is 1.40. The van der Waals surface area contributed by atoms with E-state index >= 15 is 0 Å². The molecular weight excluding hydrogens is 467 g/mol. The number of alkyl halides is 2. The lowest BCUT2D eigenvalue weighted by atomic mass is 9.86. The molecule has 1 aliphatic rings. The van der Waals surface area contributed by atoms with E-state index in [1.807, 2.05) is 0 Å². The highest BCUT2D eigenvalue weighted by atomic mass is 19.3. The van der Waals surface area contributed by atoms with Crippen LogP contribution in [0.15, 0.2) is 24.3 Å². The normalized spacial score (nSPS) is 23.7. The van der Waals surface area contributed by atoms with Crippen LogP contribution in [-0.4, -0.2) is 67.7 Å². The summed E-state index contributed by atoms with van der Waals surface area (Å²) in [4.78, 5) is 27.1. The molecule has 0 spiro atoms. The minimum Gasteiger partial charge on any atom is -0.458 e. The Morgan fingerprint density at radius 1 is 1.20 bits per heavy atom. The number of halogens is 3. The highest BCUT2D eigenvalue weighted by Crippen LogP contribution is 2.29. The van der Waals surface area contributed by atoms with Crippen LogP contribution in [0.25, 0.3) is 0 Å². The Morgan fingerprint density at radius 3 is 2.43 bits per heavy atom. The number of carbonyl (C=O) groups is 2. The van der Waals surface area contributed by atoms with Gasteiger partial charge in [-0.1, -0.05) is 18.6 Å². The monoisotopic (exact) mass is 503 g/mol. The summed E-state index contributed by atoms with van der Waals surface area (Å²) in [6.07, 6.45) is -3.40. The SMILES string of the molecule is COCN(C(=O)OC(C)(C)C)[C@H]1CCC[C@H](Cc2ccc(F)cc2)[C@@H](OCC(F)F)[C@H](C)OC1=O. The zero-order valence-corrected chi connectivity index (χ0v) is 21.0. The van der Waals surface area contributed by atoms with Gasteiger partial charge in [0.25, 0.3) is 6.43 Å². The van der Waals surface area contributed by atoms with Crippen molar-refractivity contribution in [2.75, 3.05) is 20.4 Å². The Morgan fingerprint density at radius 2 is 1.86 bits per heavy atom. The molecule has 4 atom stereocenters.